The molecule has 1 aliphatic heterocycles. The minimum Gasteiger partial charge on any atom is -0.457 e. The number of aromatic nitrogens is 2. The molecule has 0 bridgehead atoms. The van der Waals surface area contributed by atoms with Crippen LogP contribution in [0.5, 0.6) is 0 Å². The number of esters is 1. The molecule has 0 unspecified atom stereocenters. The maximum Gasteiger partial charge on any atom is 0.309 e. The van der Waals surface area contributed by atoms with Crippen molar-refractivity contribution in [1.29, 1.82) is 0 Å². The summed E-state index contributed by atoms with van der Waals surface area (Å²) in [6, 6.07) is 5.06. The average Bonchev–Trinajstić information content (AvgIpc) is 3.54. The smallest absolute Gasteiger partial charge is 0.309 e. The van der Waals surface area contributed by atoms with Crippen LogP contribution in [-0.2, 0) is 19.6 Å². The van der Waals surface area contributed by atoms with Crippen LogP contribution in [0.15, 0.2) is 39.4 Å². The van der Waals surface area contributed by atoms with E-state index in [1.807, 2.05) is 23.8 Å². The molecule has 0 radical (unpaired) electrons. The summed E-state index contributed by atoms with van der Waals surface area (Å²) in [5.74, 6) is -1.15. The number of piperidine rings is 1. The van der Waals surface area contributed by atoms with Crippen LogP contribution in [0.25, 0.3) is 5.13 Å². The van der Waals surface area contributed by atoms with E-state index < -0.39 is 21.9 Å². The number of hydrogen-bond donors (Lipinski definition) is 0. The molecule has 0 spiro atoms. The van der Waals surface area contributed by atoms with E-state index in [-0.39, 0.29) is 25.5 Å². The van der Waals surface area contributed by atoms with Crippen molar-refractivity contribution in [2.24, 2.45) is 5.92 Å². The maximum absolute atomic E-state index is 12.7. The molecule has 0 aromatic carbocycles. The van der Waals surface area contributed by atoms with E-state index in [1.165, 1.54) is 27.0 Å². The van der Waals surface area contributed by atoms with Crippen molar-refractivity contribution < 1.29 is 22.7 Å². The van der Waals surface area contributed by atoms with Gasteiger partial charge in [0.1, 0.15) is 4.21 Å². The molecule has 0 N–H and O–H groups in total. The first-order chi connectivity index (χ1) is 15.3. The largest absolute Gasteiger partial charge is 0.457 e. The molecule has 0 atom stereocenters. The molecule has 8 nitrogen and oxygen atoms in total. The van der Waals surface area contributed by atoms with Crippen LogP contribution in [0.3, 0.4) is 0 Å². The number of carbonyl (C=O) groups excluding carboxylic acids is 2. The number of Topliss-reactive ketones (excluding diaryl/α,β-unsaturated/α-hetero) is 1. The molecule has 3 aromatic heterocycles. The van der Waals surface area contributed by atoms with Crippen molar-refractivity contribution >= 4 is 44.4 Å². The highest BCUT2D eigenvalue weighted by atomic mass is 32.2. The van der Waals surface area contributed by atoms with Crippen LogP contribution < -0.4 is 0 Å². The minimum atomic E-state index is -3.52. The van der Waals surface area contributed by atoms with E-state index in [2.05, 4.69) is 4.98 Å². The summed E-state index contributed by atoms with van der Waals surface area (Å²) < 4.78 is 34.2. The third kappa shape index (κ3) is 4.42. The van der Waals surface area contributed by atoms with Crippen molar-refractivity contribution in [3.63, 3.8) is 0 Å². The van der Waals surface area contributed by atoms with Crippen molar-refractivity contribution in [3.05, 3.63) is 52.1 Å². The molecule has 0 amide bonds. The molecular formula is C21H23N3O5S3. The average molecular weight is 494 g/mol. The number of rotatable bonds is 7. The number of carbonyl (C=O) groups is 2. The fourth-order valence-corrected chi connectivity index (χ4v) is 7.23. The number of ether oxygens (including phenoxy) is 1. The van der Waals surface area contributed by atoms with E-state index in [0.717, 1.165) is 16.5 Å². The van der Waals surface area contributed by atoms with Gasteiger partial charge in [0.05, 0.1) is 5.92 Å². The van der Waals surface area contributed by atoms with E-state index in [0.29, 0.717) is 22.6 Å². The van der Waals surface area contributed by atoms with E-state index in [9.17, 15) is 18.0 Å². The monoisotopic (exact) mass is 493 g/mol. The molecule has 170 valence electrons. The van der Waals surface area contributed by atoms with Crippen LogP contribution in [0.1, 0.15) is 34.6 Å². The topological polar surface area (TPSA) is 98.6 Å². The van der Waals surface area contributed by atoms with Gasteiger partial charge in [-0.15, -0.1) is 22.7 Å². The Morgan fingerprint density at radius 1 is 1.19 bits per heavy atom. The predicted octanol–water partition coefficient (Wildman–Crippen LogP) is 3.44. The summed E-state index contributed by atoms with van der Waals surface area (Å²) in [7, 11) is -3.52. The van der Waals surface area contributed by atoms with Gasteiger partial charge in [0, 0.05) is 41.6 Å². The number of hydrogen-bond acceptors (Lipinski definition) is 8. The second-order valence-corrected chi connectivity index (χ2v) is 11.6. The van der Waals surface area contributed by atoms with Crippen molar-refractivity contribution in [2.45, 2.75) is 30.9 Å². The molecule has 3 aromatic rings. The summed E-state index contributed by atoms with van der Waals surface area (Å²) in [5, 5.41) is 4.37. The van der Waals surface area contributed by atoms with E-state index in [4.69, 9.17) is 4.74 Å². The highest BCUT2D eigenvalue weighted by Crippen LogP contribution is 2.27. The first kappa shape index (κ1) is 22.8. The molecule has 32 heavy (non-hydrogen) atoms. The molecule has 1 fully saturated rings. The van der Waals surface area contributed by atoms with Crippen LogP contribution >= 0.6 is 22.7 Å². The number of aryl methyl sites for hydroxylation is 1. The quantitative estimate of drug-likeness (QED) is 0.369. The van der Waals surface area contributed by atoms with Gasteiger partial charge in [-0.2, -0.15) is 4.31 Å². The summed E-state index contributed by atoms with van der Waals surface area (Å²) in [4.78, 5) is 29.5. The summed E-state index contributed by atoms with van der Waals surface area (Å²) >= 11 is 2.66. The summed E-state index contributed by atoms with van der Waals surface area (Å²) in [6.07, 6.45) is 2.45. The Kier molecular flexibility index (Phi) is 6.61. The zero-order valence-electron chi connectivity index (χ0n) is 17.7. The van der Waals surface area contributed by atoms with Crippen LogP contribution in [0, 0.1) is 19.8 Å². The molecule has 4 rings (SSSR count). The van der Waals surface area contributed by atoms with Crippen molar-refractivity contribution in [1.82, 2.24) is 13.9 Å². The zero-order chi connectivity index (χ0) is 22.9. The Morgan fingerprint density at radius 2 is 1.94 bits per heavy atom. The molecule has 0 saturated carbocycles. The molecule has 1 saturated heterocycles. The van der Waals surface area contributed by atoms with Gasteiger partial charge >= 0.3 is 5.97 Å². The van der Waals surface area contributed by atoms with Crippen molar-refractivity contribution in [2.75, 3.05) is 19.7 Å². The lowest BCUT2D eigenvalue weighted by molar-refractivity contribution is -0.148. The summed E-state index contributed by atoms with van der Waals surface area (Å²) in [6.45, 7) is 3.91. The van der Waals surface area contributed by atoms with E-state index >= 15 is 0 Å². The second kappa shape index (κ2) is 9.26. The number of thiophene rings is 1. The first-order valence-electron chi connectivity index (χ1n) is 10.1. The Morgan fingerprint density at radius 3 is 2.56 bits per heavy atom. The second-order valence-electron chi connectivity index (χ2n) is 7.58. The normalized spacial score (nSPS) is 15.7. The standard InChI is InChI=1S/C21H23N3O5S3/c1-14-12-17(15(2)24(14)21-22-7-11-31-21)18(25)13-29-20(26)16-5-8-23(9-6-16)32(27,28)19-4-3-10-30-19/h3-4,7,10-12,16H,5-6,8-9,13H2,1-2H3. The van der Waals surface area contributed by atoms with Crippen LogP contribution in [0.2, 0.25) is 0 Å². The Hall–Kier alpha value is -2.34. The number of thiazole rings is 1. The first-order valence-corrected chi connectivity index (χ1v) is 13.3. The molecular weight excluding hydrogens is 470 g/mol. The van der Waals surface area contributed by atoms with Gasteiger partial charge in [-0.3, -0.25) is 14.2 Å². The van der Waals surface area contributed by atoms with E-state index in [1.54, 1.807) is 29.8 Å². The lowest BCUT2D eigenvalue weighted by Crippen LogP contribution is -2.40. The van der Waals surface area contributed by atoms with Crippen LogP contribution in [-0.4, -0.2) is 53.7 Å². The maximum atomic E-state index is 12.7. The number of nitrogens with zero attached hydrogens (tertiary/aromatic N) is 3. The van der Waals surface area contributed by atoms with Gasteiger partial charge in [0.15, 0.2) is 11.7 Å². The lowest BCUT2D eigenvalue weighted by atomic mass is 9.98. The molecule has 11 heteroatoms. The fraction of sp³-hybridized carbons (Fsp3) is 0.381. The van der Waals surface area contributed by atoms with Crippen molar-refractivity contribution in [3.8, 4) is 5.13 Å². The molecule has 4 heterocycles. The van der Waals surface area contributed by atoms with Gasteiger partial charge < -0.3 is 4.74 Å². The fourth-order valence-electron chi connectivity index (χ4n) is 3.87. The van der Waals surface area contributed by atoms with Gasteiger partial charge in [-0.05, 0) is 44.2 Å². The molecule has 1 aliphatic rings. The SMILES string of the molecule is Cc1cc(C(=O)COC(=O)C2CCN(S(=O)(=O)c3cccs3)CC2)c(C)n1-c1nccs1. The Balaban J connectivity index is 1.33. The highest BCUT2D eigenvalue weighted by molar-refractivity contribution is 7.91. The van der Waals surface area contributed by atoms with Gasteiger partial charge in [0.25, 0.3) is 10.0 Å². The lowest BCUT2D eigenvalue weighted by Gasteiger charge is -2.29. The Labute approximate surface area is 194 Å². The van der Waals surface area contributed by atoms with Gasteiger partial charge in [-0.1, -0.05) is 6.07 Å². The minimum absolute atomic E-state index is 0.253. The predicted molar refractivity (Wildman–Crippen MR) is 122 cm³/mol. The Bertz CT molecular complexity index is 1210. The van der Waals surface area contributed by atoms with Gasteiger partial charge in [-0.25, -0.2) is 13.4 Å². The number of ketones is 1. The third-order valence-electron chi connectivity index (χ3n) is 5.56. The molecule has 0 aliphatic carbocycles. The highest BCUT2D eigenvalue weighted by Gasteiger charge is 2.33. The summed E-state index contributed by atoms with van der Waals surface area (Å²) in [5.41, 5.74) is 2.14. The zero-order valence-corrected chi connectivity index (χ0v) is 20.1. The van der Waals surface area contributed by atoms with Gasteiger partial charge in [0.2, 0.25) is 5.78 Å². The van der Waals surface area contributed by atoms with Crippen LogP contribution in [0.4, 0.5) is 0 Å². The number of sulfonamides is 1. The third-order valence-corrected chi connectivity index (χ3v) is 9.59.